The molecule has 10 nitrogen and oxygen atoms in total. The molecule has 1 saturated carbocycles. The molecule has 0 aromatic heterocycles. The molecular formula is C22H40N5O5+. The number of likely N-dealkylation sites (tertiary alicyclic amines) is 1. The average molecular weight is 455 g/mol. The van der Waals surface area contributed by atoms with Crippen LogP contribution in [0.4, 0.5) is 4.79 Å². The molecule has 0 radical (unpaired) electrons. The summed E-state index contributed by atoms with van der Waals surface area (Å²) in [5, 5.41) is 13.2. The molecule has 2 fully saturated rings. The molecule has 1 saturated heterocycles. The number of carbonyl (C=O) groups excluding carboxylic acids is 4. The van der Waals surface area contributed by atoms with Gasteiger partial charge in [0, 0.05) is 25.9 Å². The standard InChI is InChI=1S/C22H39N5O5/c1-3-25(4-2)12-11-24-22(31)27(13-7-10-19(27)20(23)29)21(30)18(15-26(32)16-28)14-17-8-5-6-9-17/h16-19,32H,3-15H2,1-2H3,(H2-,23,24,29,31)/p+1/t18-,19+,27?/m1/s1. The normalized spacial score (nSPS) is 24.4. The number of hydrogen-bond acceptors (Lipinski definition) is 6. The van der Waals surface area contributed by atoms with E-state index in [9.17, 15) is 24.4 Å². The van der Waals surface area contributed by atoms with Crippen LogP contribution in [0.3, 0.4) is 0 Å². The Morgan fingerprint density at radius 1 is 1.16 bits per heavy atom. The van der Waals surface area contributed by atoms with Gasteiger partial charge in [0.2, 0.25) is 6.41 Å². The molecule has 10 heteroatoms. The lowest BCUT2D eigenvalue weighted by Gasteiger charge is -2.36. The van der Waals surface area contributed by atoms with Crippen LogP contribution in [0.1, 0.15) is 58.8 Å². The number of hydrogen-bond donors (Lipinski definition) is 3. The van der Waals surface area contributed by atoms with Crippen molar-refractivity contribution in [3.05, 3.63) is 0 Å². The quantitative estimate of drug-likeness (QED) is 0.175. The highest BCUT2D eigenvalue weighted by Crippen LogP contribution is 2.35. The Morgan fingerprint density at radius 3 is 2.38 bits per heavy atom. The van der Waals surface area contributed by atoms with E-state index in [-0.39, 0.29) is 19.5 Å². The summed E-state index contributed by atoms with van der Waals surface area (Å²) < 4.78 is -0.669. The van der Waals surface area contributed by atoms with Crippen molar-refractivity contribution in [2.45, 2.75) is 64.8 Å². The zero-order valence-electron chi connectivity index (χ0n) is 19.5. The third-order valence-corrected chi connectivity index (χ3v) is 7.17. The highest BCUT2D eigenvalue weighted by Gasteiger charge is 2.58. The summed E-state index contributed by atoms with van der Waals surface area (Å²) in [6.45, 7) is 6.74. The number of imide groups is 1. The summed E-state index contributed by atoms with van der Waals surface area (Å²) in [7, 11) is 0. The minimum absolute atomic E-state index is 0.192. The van der Waals surface area contributed by atoms with Crippen LogP contribution in [0.25, 0.3) is 0 Å². The molecule has 0 aromatic carbocycles. The van der Waals surface area contributed by atoms with Gasteiger partial charge < -0.3 is 16.0 Å². The van der Waals surface area contributed by atoms with E-state index >= 15 is 0 Å². The molecule has 0 bridgehead atoms. The summed E-state index contributed by atoms with van der Waals surface area (Å²) in [6.07, 6.45) is 5.74. The molecule has 2 rings (SSSR count). The third kappa shape index (κ3) is 6.05. The van der Waals surface area contributed by atoms with Gasteiger partial charge in [-0.05, 0) is 25.4 Å². The minimum Gasteiger partial charge on any atom is -0.364 e. The fourth-order valence-electron chi connectivity index (χ4n) is 5.38. The van der Waals surface area contributed by atoms with Crippen LogP contribution in [0.15, 0.2) is 0 Å². The Morgan fingerprint density at radius 2 is 1.81 bits per heavy atom. The number of likely N-dealkylation sites (N-methyl/N-ethyl adjacent to an activating group) is 1. The molecule has 4 N–H and O–H groups in total. The Kier molecular flexibility index (Phi) is 10.0. The molecule has 1 aliphatic carbocycles. The van der Waals surface area contributed by atoms with Gasteiger partial charge in [0.25, 0.3) is 5.91 Å². The van der Waals surface area contributed by atoms with E-state index in [2.05, 4.69) is 10.2 Å². The fourth-order valence-corrected chi connectivity index (χ4v) is 5.38. The van der Waals surface area contributed by atoms with Gasteiger partial charge in [-0.2, -0.15) is 4.48 Å². The highest BCUT2D eigenvalue weighted by molar-refractivity contribution is 5.91. The highest BCUT2D eigenvalue weighted by atomic mass is 16.5. The number of hydroxylamine groups is 2. The number of rotatable bonds is 12. The minimum atomic E-state index is -0.939. The van der Waals surface area contributed by atoms with Crippen LogP contribution in [-0.4, -0.2) is 89.2 Å². The molecular weight excluding hydrogens is 414 g/mol. The Labute approximate surface area is 190 Å². The zero-order chi connectivity index (χ0) is 23.7. The van der Waals surface area contributed by atoms with Crippen LogP contribution in [0.5, 0.6) is 0 Å². The second-order valence-electron chi connectivity index (χ2n) is 9.06. The Hall–Kier alpha value is -2.04. The molecule has 5 amide bonds. The second kappa shape index (κ2) is 12.3. The predicted molar refractivity (Wildman–Crippen MR) is 118 cm³/mol. The lowest BCUT2D eigenvalue weighted by Crippen LogP contribution is -2.68. The number of nitrogens with two attached hydrogens (primary N) is 1. The molecule has 2 aliphatic rings. The van der Waals surface area contributed by atoms with E-state index in [1.165, 1.54) is 0 Å². The van der Waals surface area contributed by atoms with Gasteiger partial charge in [0.05, 0.1) is 19.0 Å². The fraction of sp³-hybridized carbons (Fsp3) is 0.818. The summed E-state index contributed by atoms with van der Waals surface area (Å²) in [5.74, 6) is -1.56. The van der Waals surface area contributed by atoms with Crippen molar-refractivity contribution in [2.75, 3.05) is 39.3 Å². The number of primary amides is 1. The average Bonchev–Trinajstić information content (AvgIpc) is 3.46. The topological polar surface area (TPSA) is 133 Å². The van der Waals surface area contributed by atoms with E-state index in [0.717, 1.165) is 38.8 Å². The van der Waals surface area contributed by atoms with Crippen LogP contribution in [0.2, 0.25) is 0 Å². The van der Waals surface area contributed by atoms with Crippen molar-refractivity contribution in [3.63, 3.8) is 0 Å². The number of carbonyl (C=O) groups is 4. The number of amides is 5. The molecule has 3 atom stereocenters. The predicted octanol–water partition coefficient (Wildman–Crippen LogP) is 1.07. The number of quaternary nitrogens is 1. The van der Waals surface area contributed by atoms with Crippen LogP contribution in [-0.2, 0) is 14.4 Å². The molecule has 1 heterocycles. The van der Waals surface area contributed by atoms with Crippen molar-refractivity contribution in [2.24, 2.45) is 17.6 Å². The molecule has 182 valence electrons. The first-order valence-electron chi connectivity index (χ1n) is 11.9. The van der Waals surface area contributed by atoms with Crippen LogP contribution >= 0.6 is 0 Å². The van der Waals surface area contributed by atoms with Gasteiger partial charge in [-0.15, -0.1) is 0 Å². The molecule has 0 spiro atoms. The van der Waals surface area contributed by atoms with Gasteiger partial charge >= 0.3 is 11.9 Å². The molecule has 1 aliphatic heterocycles. The lowest BCUT2D eigenvalue weighted by molar-refractivity contribution is -0.779. The van der Waals surface area contributed by atoms with Crippen molar-refractivity contribution < 1.29 is 28.9 Å². The van der Waals surface area contributed by atoms with Gasteiger partial charge in [0.1, 0.15) is 0 Å². The molecule has 0 aromatic rings. The van der Waals surface area contributed by atoms with Gasteiger partial charge in [-0.1, -0.05) is 39.5 Å². The van der Waals surface area contributed by atoms with E-state index in [0.29, 0.717) is 43.3 Å². The van der Waals surface area contributed by atoms with Crippen molar-refractivity contribution in [3.8, 4) is 0 Å². The number of nitrogens with zero attached hydrogens (tertiary/aromatic N) is 3. The number of nitrogens with one attached hydrogen (secondary N) is 1. The monoisotopic (exact) mass is 454 g/mol. The van der Waals surface area contributed by atoms with Crippen molar-refractivity contribution in [1.82, 2.24) is 15.3 Å². The first-order valence-corrected chi connectivity index (χ1v) is 11.9. The SMILES string of the molecule is CCN(CC)CCNC(=O)[N+]1(C(=O)[C@H](CC2CCCC2)CN(O)C=O)CCC[C@H]1C(N)=O. The van der Waals surface area contributed by atoms with Gasteiger partial charge in [0.15, 0.2) is 6.04 Å². The maximum Gasteiger partial charge on any atom is 0.424 e. The van der Waals surface area contributed by atoms with Gasteiger partial charge in [-0.25, -0.2) is 14.7 Å². The Balaban J connectivity index is 2.29. The summed E-state index contributed by atoms with van der Waals surface area (Å²) >= 11 is 0. The first-order chi connectivity index (χ1) is 15.3. The van der Waals surface area contributed by atoms with Gasteiger partial charge in [-0.3, -0.25) is 14.8 Å². The maximum atomic E-state index is 13.9. The lowest BCUT2D eigenvalue weighted by atomic mass is 9.90. The molecule has 1 unspecified atom stereocenters. The molecule has 32 heavy (non-hydrogen) atoms. The number of urea groups is 1. The summed E-state index contributed by atoms with van der Waals surface area (Å²) in [4.78, 5) is 52.9. The van der Waals surface area contributed by atoms with Crippen LogP contribution in [0, 0.1) is 11.8 Å². The maximum absolute atomic E-state index is 13.9. The smallest absolute Gasteiger partial charge is 0.364 e. The van der Waals surface area contributed by atoms with E-state index in [1.54, 1.807) is 0 Å². The van der Waals surface area contributed by atoms with E-state index in [4.69, 9.17) is 5.73 Å². The van der Waals surface area contributed by atoms with E-state index in [1.807, 2.05) is 13.8 Å². The summed E-state index contributed by atoms with van der Waals surface area (Å²) in [5.41, 5.74) is 5.65. The second-order valence-corrected chi connectivity index (χ2v) is 9.06. The Bertz CT molecular complexity index is 665. The zero-order valence-corrected chi connectivity index (χ0v) is 19.5. The third-order valence-electron chi connectivity index (χ3n) is 7.17. The van der Waals surface area contributed by atoms with Crippen molar-refractivity contribution >= 4 is 24.3 Å². The summed E-state index contributed by atoms with van der Waals surface area (Å²) in [6, 6.07) is -1.46. The van der Waals surface area contributed by atoms with Crippen molar-refractivity contribution in [1.29, 1.82) is 0 Å². The first kappa shape index (κ1) is 26.2. The van der Waals surface area contributed by atoms with Crippen LogP contribution < -0.4 is 11.1 Å². The largest absolute Gasteiger partial charge is 0.424 e. The van der Waals surface area contributed by atoms with E-state index < -0.39 is 34.3 Å².